The minimum atomic E-state index is -1.30. The second kappa shape index (κ2) is 8.11. The largest absolute Gasteiger partial charge is 0.479 e. The van der Waals surface area contributed by atoms with E-state index < -0.39 is 23.7 Å². The standard InChI is InChI=1S/C15H19FN2O4/c1-3-4-12(19)17-8-13(20)18-14(15(21)22)10-5-6-11(16)9(2)7-10/h5-7,14H,3-4,8H2,1-2H3,(H,17,19)(H,18,20)(H,21,22). The van der Waals surface area contributed by atoms with Gasteiger partial charge in [-0.25, -0.2) is 9.18 Å². The summed E-state index contributed by atoms with van der Waals surface area (Å²) in [5.41, 5.74) is 0.550. The normalized spacial score (nSPS) is 11.6. The summed E-state index contributed by atoms with van der Waals surface area (Å²) in [6.07, 6.45) is 0.951. The minimum absolute atomic E-state index is 0.264. The number of hydrogen-bond acceptors (Lipinski definition) is 3. The van der Waals surface area contributed by atoms with Crippen molar-refractivity contribution >= 4 is 17.8 Å². The van der Waals surface area contributed by atoms with E-state index in [-0.39, 0.29) is 23.6 Å². The second-order valence-electron chi connectivity index (χ2n) is 4.87. The zero-order chi connectivity index (χ0) is 16.7. The fourth-order valence-corrected chi connectivity index (χ4v) is 1.84. The molecule has 1 unspecified atom stereocenters. The van der Waals surface area contributed by atoms with Crippen molar-refractivity contribution in [1.29, 1.82) is 0 Å². The molecule has 1 rings (SSSR count). The number of carbonyl (C=O) groups is 3. The van der Waals surface area contributed by atoms with E-state index in [1.165, 1.54) is 19.1 Å². The molecule has 6 nitrogen and oxygen atoms in total. The lowest BCUT2D eigenvalue weighted by molar-refractivity contribution is -0.141. The first-order chi connectivity index (χ1) is 10.3. The van der Waals surface area contributed by atoms with Crippen LogP contribution in [0.4, 0.5) is 4.39 Å². The number of carboxylic acid groups (broad SMARTS) is 1. The molecule has 0 spiro atoms. The van der Waals surface area contributed by atoms with Gasteiger partial charge in [-0.15, -0.1) is 0 Å². The van der Waals surface area contributed by atoms with E-state index in [0.29, 0.717) is 12.8 Å². The maximum Gasteiger partial charge on any atom is 0.330 e. The first-order valence-electron chi connectivity index (χ1n) is 6.90. The zero-order valence-corrected chi connectivity index (χ0v) is 12.5. The van der Waals surface area contributed by atoms with Crippen molar-refractivity contribution in [2.45, 2.75) is 32.7 Å². The summed E-state index contributed by atoms with van der Waals surface area (Å²) >= 11 is 0. The average Bonchev–Trinajstić information content (AvgIpc) is 2.45. The third kappa shape index (κ3) is 5.16. The predicted octanol–water partition coefficient (Wildman–Crippen LogP) is 1.29. The molecule has 0 aliphatic heterocycles. The number of amides is 2. The van der Waals surface area contributed by atoms with E-state index >= 15 is 0 Å². The van der Waals surface area contributed by atoms with E-state index in [1.54, 1.807) is 0 Å². The number of carbonyl (C=O) groups excluding carboxylic acids is 2. The molecular weight excluding hydrogens is 291 g/mol. The zero-order valence-electron chi connectivity index (χ0n) is 12.5. The molecule has 1 aromatic carbocycles. The number of aliphatic carboxylic acids is 1. The van der Waals surface area contributed by atoms with Crippen LogP contribution < -0.4 is 10.6 Å². The van der Waals surface area contributed by atoms with Crippen LogP contribution in [0.25, 0.3) is 0 Å². The molecule has 0 aliphatic carbocycles. The molecule has 0 saturated heterocycles. The van der Waals surface area contributed by atoms with Crippen LogP contribution in [0.5, 0.6) is 0 Å². The van der Waals surface area contributed by atoms with Crippen molar-refractivity contribution in [2.24, 2.45) is 0 Å². The number of nitrogens with one attached hydrogen (secondary N) is 2. The molecule has 0 saturated carbocycles. The van der Waals surface area contributed by atoms with Gasteiger partial charge in [-0.1, -0.05) is 19.1 Å². The monoisotopic (exact) mass is 310 g/mol. The van der Waals surface area contributed by atoms with Gasteiger partial charge in [-0.05, 0) is 30.5 Å². The molecule has 0 fully saturated rings. The number of hydrogen-bond donors (Lipinski definition) is 3. The molecule has 1 aromatic rings. The Kier molecular flexibility index (Phi) is 6.49. The Morgan fingerprint density at radius 2 is 1.95 bits per heavy atom. The van der Waals surface area contributed by atoms with Crippen LogP contribution in [0.3, 0.4) is 0 Å². The maximum absolute atomic E-state index is 13.2. The van der Waals surface area contributed by atoms with E-state index in [1.807, 2.05) is 6.92 Å². The number of rotatable bonds is 7. The second-order valence-corrected chi connectivity index (χ2v) is 4.87. The highest BCUT2D eigenvalue weighted by molar-refractivity contribution is 5.88. The Morgan fingerprint density at radius 3 is 2.50 bits per heavy atom. The molecule has 120 valence electrons. The maximum atomic E-state index is 13.2. The number of halogens is 1. The fourth-order valence-electron chi connectivity index (χ4n) is 1.84. The highest BCUT2D eigenvalue weighted by atomic mass is 19.1. The van der Waals surface area contributed by atoms with Crippen molar-refractivity contribution in [3.8, 4) is 0 Å². The van der Waals surface area contributed by atoms with Crippen LogP contribution in [-0.2, 0) is 14.4 Å². The molecule has 0 aliphatic rings. The van der Waals surface area contributed by atoms with Gasteiger partial charge in [0.05, 0.1) is 6.54 Å². The van der Waals surface area contributed by atoms with E-state index in [9.17, 15) is 23.9 Å². The quantitative estimate of drug-likeness (QED) is 0.707. The summed E-state index contributed by atoms with van der Waals surface area (Å²) in [5.74, 6) is -2.62. The minimum Gasteiger partial charge on any atom is -0.479 e. The molecule has 0 radical (unpaired) electrons. The van der Waals surface area contributed by atoms with Gasteiger partial charge in [0.1, 0.15) is 5.82 Å². The smallest absolute Gasteiger partial charge is 0.330 e. The molecule has 1 atom stereocenters. The number of benzene rings is 1. The van der Waals surface area contributed by atoms with Gasteiger partial charge in [-0.3, -0.25) is 9.59 Å². The van der Waals surface area contributed by atoms with Crippen molar-refractivity contribution in [1.82, 2.24) is 10.6 Å². The highest BCUT2D eigenvalue weighted by Crippen LogP contribution is 2.17. The van der Waals surface area contributed by atoms with Crippen molar-refractivity contribution in [3.63, 3.8) is 0 Å². The van der Waals surface area contributed by atoms with Crippen LogP contribution >= 0.6 is 0 Å². The Hall–Kier alpha value is -2.44. The highest BCUT2D eigenvalue weighted by Gasteiger charge is 2.22. The van der Waals surface area contributed by atoms with Gasteiger partial charge in [0, 0.05) is 6.42 Å². The van der Waals surface area contributed by atoms with E-state index in [2.05, 4.69) is 10.6 Å². The third-order valence-electron chi connectivity index (χ3n) is 2.99. The Morgan fingerprint density at radius 1 is 1.27 bits per heavy atom. The first-order valence-corrected chi connectivity index (χ1v) is 6.90. The van der Waals surface area contributed by atoms with Crippen LogP contribution in [0, 0.1) is 12.7 Å². The van der Waals surface area contributed by atoms with Crippen LogP contribution in [0.2, 0.25) is 0 Å². The molecule has 0 aromatic heterocycles. The van der Waals surface area contributed by atoms with Crippen LogP contribution in [0.1, 0.15) is 36.9 Å². The van der Waals surface area contributed by atoms with E-state index in [0.717, 1.165) is 6.07 Å². The third-order valence-corrected chi connectivity index (χ3v) is 2.99. The molecular formula is C15H19FN2O4. The van der Waals surface area contributed by atoms with Gasteiger partial charge in [0.2, 0.25) is 11.8 Å². The van der Waals surface area contributed by atoms with Crippen LogP contribution in [-0.4, -0.2) is 29.4 Å². The summed E-state index contributed by atoms with van der Waals surface area (Å²) in [5, 5.41) is 13.9. The Labute approximate surface area is 127 Å². The fraction of sp³-hybridized carbons (Fsp3) is 0.400. The lowest BCUT2D eigenvalue weighted by Crippen LogP contribution is -2.41. The topological polar surface area (TPSA) is 95.5 Å². The lowest BCUT2D eigenvalue weighted by Gasteiger charge is -2.16. The van der Waals surface area contributed by atoms with E-state index in [4.69, 9.17) is 0 Å². The molecule has 0 bridgehead atoms. The van der Waals surface area contributed by atoms with Gasteiger partial charge >= 0.3 is 5.97 Å². The number of aryl methyl sites for hydroxylation is 1. The van der Waals surface area contributed by atoms with Gasteiger partial charge in [0.25, 0.3) is 0 Å². The SMILES string of the molecule is CCCC(=O)NCC(=O)NC(C(=O)O)c1ccc(F)c(C)c1. The summed E-state index contributed by atoms with van der Waals surface area (Å²) in [6, 6.07) is 2.52. The predicted molar refractivity (Wildman–Crippen MR) is 77.6 cm³/mol. The summed E-state index contributed by atoms with van der Waals surface area (Å²) < 4.78 is 13.2. The van der Waals surface area contributed by atoms with Gasteiger partial charge in [-0.2, -0.15) is 0 Å². The molecule has 22 heavy (non-hydrogen) atoms. The molecule has 3 N–H and O–H groups in total. The summed E-state index contributed by atoms with van der Waals surface area (Å²) in [6.45, 7) is 3.03. The van der Waals surface area contributed by atoms with Crippen molar-refractivity contribution in [2.75, 3.05) is 6.54 Å². The lowest BCUT2D eigenvalue weighted by atomic mass is 10.0. The Bertz CT molecular complexity index is 575. The van der Waals surface area contributed by atoms with Crippen LogP contribution in [0.15, 0.2) is 18.2 Å². The van der Waals surface area contributed by atoms with Gasteiger partial charge in [0.15, 0.2) is 6.04 Å². The summed E-state index contributed by atoms with van der Waals surface area (Å²) in [4.78, 5) is 34.3. The Balaban J connectivity index is 2.72. The molecule has 2 amide bonds. The molecule has 0 heterocycles. The van der Waals surface area contributed by atoms with Gasteiger partial charge < -0.3 is 15.7 Å². The number of carboxylic acids is 1. The van der Waals surface area contributed by atoms with Crippen molar-refractivity contribution in [3.05, 3.63) is 35.1 Å². The van der Waals surface area contributed by atoms with Crippen molar-refractivity contribution < 1.29 is 23.9 Å². The average molecular weight is 310 g/mol. The molecule has 7 heteroatoms. The summed E-state index contributed by atoms with van der Waals surface area (Å²) in [7, 11) is 0. The first kappa shape index (κ1) is 17.6.